The topological polar surface area (TPSA) is 79.2 Å². The third-order valence-corrected chi connectivity index (χ3v) is 9.27. The zero-order valence-corrected chi connectivity index (χ0v) is 20.7. The molecule has 5 nitrogen and oxygen atoms in total. The fraction of sp³-hybridized carbons (Fsp3) is 0.536. The number of hydrogen-bond acceptors (Lipinski definition) is 6. The third-order valence-electron chi connectivity index (χ3n) is 8.25. The molecule has 0 saturated heterocycles. The highest BCUT2D eigenvalue weighted by molar-refractivity contribution is 8.03. The number of carbonyl (C=O) groups is 2. The van der Waals surface area contributed by atoms with Crippen LogP contribution in [0.4, 0.5) is 0 Å². The molecular formula is C28H32N2O3S. The van der Waals surface area contributed by atoms with E-state index in [1.54, 1.807) is 6.92 Å². The summed E-state index contributed by atoms with van der Waals surface area (Å²) in [7, 11) is 0. The first-order valence-corrected chi connectivity index (χ1v) is 13.4. The number of hydrogen-bond donors (Lipinski definition) is 1. The fourth-order valence-corrected chi connectivity index (χ4v) is 8.35. The first-order chi connectivity index (χ1) is 16.4. The predicted octanol–water partition coefficient (Wildman–Crippen LogP) is 5.46. The van der Waals surface area contributed by atoms with Crippen molar-refractivity contribution < 1.29 is 14.3 Å². The average molecular weight is 477 g/mol. The van der Waals surface area contributed by atoms with E-state index < -0.39 is 11.9 Å². The minimum atomic E-state index is -0.511. The number of rotatable bonds is 7. The summed E-state index contributed by atoms with van der Waals surface area (Å²) in [5, 5.41) is 14.1. The molecule has 34 heavy (non-hydrogen) atoms. The number of allylic oxidation sites excluding steroid dienone is 2. The smallest absolute Gasteiger partial charge is 0.336 e. The Hall–Kier alpha value is -2.52. The van der Waals surface area contributed by atoms with E-state index in [9.17, 15) is 14.9 Å². The van der Waals surface area contributed by atoms with Gasteiger partial charge in [-0.3, -0.25) is 4.79 Å². The number of nitriles is 1. The zero-order valence-electron chi connectivity index (χ0n) is 19.9. The van der Waals surface area contributed by atoms with Crippen LogP contribution in [-0.4, -0.2) is 24.1 Å². The van der Waals surface area contributed by atoms with Crippen molar-refractivity contribution in [2.75, 3.05) is 12.4 Å². The monoisotopic (exact) mass is 476 g/mol. The van der Waals surface area contributed by atoms with Crippen molar-refractivity contribution >= 4 is 23.5 Å². The normalized spacial score (nSPS) is 31.8. The highest BCUT2D eigenvalue weighted by Crippen LogP contribution is 2.60. The molecule has 4 aliphatic carbocycles. The van der Waals surface area contributed by atoms with Gasteiger partial charge in [0.05, 0.1) is 40.5 Å². The second-order valence-corrected chi connectivity index (χ2v) is 11.5. The number of nitrogens with zero attached hydrogens (tertiary/aromatic N) is 1. The standard InChI is InChI=1S/C28H32N2O3S/c1-3-33-27(32)24-17(2)30-26(22(15-29)25(24)21-7-5-4-6-8-21)34-16-23(31)28-12-18-9-19(13-28)11-20(10-18)14-28/h4-8,18-20,25,30H,3,9-14,16H2,1-2H3. The maximum absolute atomic E-state index is 13.6. The quantitative estimate of drug-likeness (QED) is 0.526. The molecule has 1 aromatic rings. The number of benzene rings is 1. The Morgan fingerprint density at radius 2 is 1.74 bits per heavy atom. The molecule has 1 aliphatic heterocycles. The highest BCUT2D eigenvalue weighted by Gasteiger charge is 2.54. The molecule has 178 valence electrons. The van der Waals surface area contributed by atoms with Gasteiger partial charge in [-0.25, -0.2) is 4.79 Å². The fourth-order valence-electron chi connectivity index (χ4n) is 7.23. The van der Waals surface area contributed by atoms with E-state index in [0.717, 1.165) is 42.6 Å². The van der Waals surface area contributed by atoms with Crippen LogP contribution >= 0.6 is 11.8 Å². The molecule has 4 saturated carbocycles. The molecule has 4 fully saturated rings. The van der Waals surface area contributed by atoms with Crippen LogP contribution < -0.4 is 5.32 Å². The number of ether oxygens (including phenoxy) is 1. The second kappa shape index (κ2) is 9.26. The summed E-state index contributed by atoms with van der Waals surface area (Å²) in [5.41, 5.74) is 2.33. The summed E-state index contributed by atoms with van der Waals surface area (Å²) in [6.07, 6.45) is 7.08. The van der Waals surface area contributed by atoms with E-state index in [4.69, 9.17) is 4.74 Å². The van der Waals surface area contributed by atoms with Crippen molar-refractivity contribution in [2.24, 2.45) is 23.2 Å². The van der Waals surface area contributed by atoms with E-state index in [0.29, 0.717) is 33.4 Å². The number of nitrogens with one attached hydrogen (secondary N) is 1. The molecule has 6 heteroatoms. The molecule has 0 aromatic heterocycles. The van der Waals surface area contributed by atoms with E-state index >= 15 is 0 Å². The van der Waals surface area contributed by atoms with E-state index in [1.807, 2.05) is 37.3 Å². The van der Waals surface area contributed by atoms with Crippen LogP contribution in [0.1, 0.15) is 63.9 Å². The number of carbonyl (C=O) groups excluding carboxylic acids is 2. The van der Waals surface area contributed by atoms with Crippen LogP contribution in [0.5, 0.6) is 0 Å². The molecule has 0 amide bonds. The predicted molar refractivity (Wildman–Crippen MR) is 132 cm³/mol. The molecule has 5 aliphatic rings. The number of esters is 1. The van der Waals surface area contributed by atoms with Gasteiger partial charge in [-0.15, -0.1) is 0 Å². The third kappa shape index (κ3) is 4.09. The first-order valence-electron chi connectivity index (χ1n) is 12.4. The van der Waals surface area contributed by atoms with Gasteiger partial charge >= 0.3 is 5.97 Å². The molecule has 4 bridgehead atoms. The van der Waals surface area contributed by atoms with Gasteiger partial charge < -0.3 is 10.1 Å². The Balaban J connectivity index is 1.41. The zero-order chi connectivity index (χ0) is 23.9. The molecule has 0 spiro atoms. The second-order valence-electron chi connectivity index (χ2n) is 10.5. The van der Waals surface area contributed by atoms with Gasteiger partial charge in [-0.2, -0.15) is 5.26 Å². The average Bonchev–Trinajstić information content (AvgIpc) is 2.81. The van der Waals surface area contributed by atoms with Crippen molar-refractivity contribution in [1.82, 2.24) is 5.32 Å². The van der Waals surface area contributed by atoms with Crippen LogP contribution in [0.2, 0.25) is 0 Å². The van der Waals surface area contributed by atoms with Crippen molar-refractivity contribution in [3.63, 3.8) is 0 Å². The summed E-state index contributed by atoms with van der Waals surface area (Å²) < 4.78 is 5.34. The molecule has 1 aromatic carbocycles. The lowest BCUT2D eigenvalue weighted by Crippen LogP contribution is -2.50. The number of ketones is 1. The van der Waals surface area contributed by atoms with Crippen LogP contribution in [0.15, 0.2) is 52.2 Å². The Morgan fingerprint density at radius 3 is 2.29 bits per heavy atom. The van der Waals surface area contributed by atoms with Gasteiger partial charge in [0, 0.05) is 11.1 Å². The Morgan fingerprint density at radius 1 is 1.12 bits per heavy atom. The minimum absolute atomic E-state index is 0.149. The van der Waals surface area contributed by atoms with Crippen LogP contribution in [-0.2, 0) is 14.3 Å². The van der Waals surface area contributed by atoms with Gasteiger partial charge in [-0.05, 0) is 75.7 Å². The van der Waals surface area contributed by atoms with Gasteiger partial charge in [-0.1, -0.05) is 42.1 Å². The van der Waals surface area contributed by atoms with Gasteiger partial charge in [0.2, 0.25) is 0 Å². The molecular weight excluding hydrogens is 444 g/mol. The summed E-state index contributed by atoms with van der Waals surface area (Å²) >= 11 is 1.43. The van der Waals surface area contributed by atoms with Gasteiger partial charge in [0.25, 0.3) is 0 Å². The lowest BCUT2D eigenvalue weighted by atomic mass is 9.48. The maximum Gasteiger partial charge on any atom is 0.336 e. The van der Waals surface area contributed by atoms with Crippen LogP contribution in [0.25, 0.3) is 0 Å². The molecule has 1 heterocycles. The largest absolute Gasteiger partial charge is 0.463 e. The number of Topliss-reactive ketones (excluding diaryl/α,β-unsaturated/α-hetero) is 1. The van der Waals surface area contributed by atoms with E-state index in [-0.39, 0.29) is 12.0 Å². The van der Waals surface area contributed by atoms with E-state index in [2.05, 4.69) is 11.4 Å². The Kier molecular flexibility index (Phi) is 6.33. The summed E-state index contributed by atoms with van der Waals surface area (Å²) in [6, 6.07) is 12.0. The van der Waals surface area contributed by atoms with Crippen molar-refractivity contribution in [3.05, 3.63) is 57.8 Å². The number of dihydropyridines is 1. The molecule has 1 N–H and O–H groups in total. The van der Waals surface area contributed by atoms with Gasteiger partial charge in [0.1, 0.15) is 5.78 Å². The SMILES string of the molecule is CCOC(=O)C1=C(C)NC(SCC(=O)C23CC4CC(CC(C4)C2)C3)=C(C#N)C1c1ccccc1. The molecule has 1 unspecified atom stereocenters. The highest BCUT2D eigenvalue weighted by atomic mass is 32.2. The summed E-state index contributed by atoms with van der Waals surface area (Å²) in [6.45, 7) is 3.89. The minimum Gasteiger partial charge on any atom is -0.463 e. The van der Waals surface area contributed by atoms with E-state index in [1.165, 1.54) is 31.0 Å². The number of thioether (sulfide) groups is 1. The first kappa shape index (κ1) is 23.2. The van der Waals surface area contributed by atoms with Crippen molar-refractivity contribution in [1.29, 1.82) is 5.26 Å². The van der Waals surface area contributed by atoms with Crippen LogP contribution in [0, 0.1) is 34.5 Å². The van der Waals surface area contributed by atoms with Crippen LogP contribution in [0.3, 0.4) is 0 Å². The Labute approximate surface area is 206 Å². The van der Waals surface area contributed by atoms with Crippen molar-refractivity contribution in [2.45, 2.75) is 58.3 Å². The van der Waals surface area contributed by atoms with Gasteiger partial charge in [0.15, 0.2) is 0 Å². The van der Waals surface area contributed by atoms with Crippen molar-refractivity contribution in [3.8, 4) is 6.07 Å². The maximum atomic E-state index is 13.6. The lowest BCUT2D eigenvalue weighted by Gasteiger charge is -2.56. The summed E-state index contributed by atoms with van der Waals surface area (Å²) in [5.74, 6) is 1.96. The molecule has 6 rings (SSSR count). The lowest BCUT2D eigenvalue weighted by molar-refractivity contribution is -0.141. The molecule has 0 radical (unpaired) electrons. The summed E-state index contributed by atoms with van der Waals surface area (Å²) in [4.78, 5) is 26.5. The molecule has 1 atom stereocenters. The Bertz CT molecular complexity index is 1060.